The van der Waals surface area contributed by atoms with Gasteiger partial charge in [0.05, 0.1) is 0 Å². The van der Waals surface area contributed by atoms with Crippen LogP contribution in [-0.2, 0) is 6.61 Å². The molecule has 102 valence electrons. The molecule has 2 N–H and O–H groups in total. The maximum Gasteiger partial charge on any atom is 0.147 e. The van der Waals surface area contributed by atoms with Crippen LogP contribution in [0.2, 0.25) is 0 Å². The average Bonchev–Trinajstić information content (AvgIpc) is 2.45. The number of rotatable bonds is 4. The highest BCUT2D eigenvalue weighted by molar-refractivity contribution is 9.10. The number of hydrogen-bond donors (Lipinski definition) is 1. The number of nitrogens with zero attached hydrogens (tertiary/aromatic N) is 2. The lowest BCUT2D eigenvalue weighted by molar-refractivity contribution is 0.300. The fourth-order valence-electron chi connectivity index (χ4n) is 1.82. The maximum atomic E-state index is 9.01. The second-order valence-electron chi connectivity index (χ2n) is 4.38. The Morgan fingerprint density at radius 3 is 2.95 bits per heavy atom. The van der Waals surface area contributed by atoms with E-state index >= 15 is 0 Å². The van der Waals surface area contributed by atoms with Crippen LogP contribution in [0.5, 0.6) is 5.75 Å². The highest BCUT2D eigenvalue weighted by Crippen LogP contribution is 2.28. The van der Waals surface area contributed by atoms with E-state index in [2.05, 4.69) is 27.0 Å². The summed E-state index contributed by atoms with van der Waals surface area (Å²) >= 11 is 3.41. The summed E-state index contributed by atoms with van der Waals surface area (Å²) < 4.78 is 6.73. The van der Waals surface area contributed by atoms with Gasteiger partial charge in [-0.05, 0) is 25.1 Å². The molecule has 0 saturated heterocycles. The van der Waals surface area contributed by atoms with E-state index in [4.69, 9.17) is 15.7 Å². The molecule has 0 saturated carbocycles. The van der Waals surface area contributed by atoms with Gasteiger partial charge in [0.2, 0.25) is 0 Å². The zero-order valence-corrected chi connectivity index (χ0v) is 12.6. The standard InChI is InChI=1S/C15H14BrN3O/c1-10(18)13-5-4-12(16)7-15(13)20-9-11-3-2-6-19-14(11)8-17/h2-7,10H,9,18H2,1H3/t10-/m0/s1. The summed E-state index contributed by atoms with van der Waals surface area (Å²) in [5, 5.41) is 9.01. The lowest BCUT2D eigenvalue weighted by Crippen LogP contribution is -2.08. The number of nitrogens with two attached hydrogens (primary N) is 1. The molecule has 4 nitrogen and oxygen atoms in total. The molecule has 0 fully saturated rings. The van der Waals surface area contributed by atoms with Crippen molar-refractivity contribution in [3.8, 4) is 11.8 Å². The topological polar surface area (TPSA) is 71.9 Å². The molecular formula is C15H14BrN3O. The largest absolute Gasteiger partial charge is 0.488 e. The van der Waals surface area contributed by atoms with E-state index in [1.54, 1.807) is 12.3 Å². The van der Waals surface area contributed by atoms with E-state index in [9.17, 15) is 0 Å². The summed E-state index contributed by atoms with van der Waals surface area (Å²) in [4.78, 5) is 4.01. The van der Waals surface area contributed by atoms with Crippen molar-refractivity contribution >= 4 is 15.9 Å². The Labute approximate surface area is 126 Å². The van der Waals surface area contributed by atoms with Gasteiger partial charge < -0.3 is 10.5 Å². The Morgan fingerprint density at radius 2 is 2.25 bits per heavy atom. The van der Waals surface area contributed by atoms with Gasteiger partial charge in [-0.1, -0.05) is 28.1 Å². The quantitative estimate of drug-likeness (QED) is 0.932. The van der Waals surface area contributed by atoms with Gasteiger partial charge in [0.15, 0.2) is 0 Å². The molecule has 0 aliphatic heterocycles. The minimum absolute atomic E-state index is 0.123. The average molecular weight is 332 g/mol. The Balaban J connectivity index is 2.23. The molecule has 2 rings (SSSR count). The number of pyridine rings is 1. The second kappa shape index (κ2) is 6.51. The lowest BCUT2D eigenvalue weighted by atomic mass is 10.1. The van der Waals surface area contributed by atoms with E-state index in [0.717, 1.165) is 15.6 Å². The minimum atomic E-state index is -0.123. The van der Waals surface area contributed by atoms with Gasteiger partial charge in [0.1, 0.15) is 24.1 Å². The monoisotopic (exact) mass is 331 g/mol. The van der Waals surface area contributed by atoms with Crippen molar-refractivity contribution in [3.63, 3.8) is 0 Å². The van der Waals surface area contributed by atoms with E-state index in [1.807, 2.05) is 31.2 Å². The van der Waals surface area contributed by atoms with Gasteiger partial charge in [-0.3, -0.25) is 0 Å². The molecule has 5 heteroatoms. The molecule has 1 aromatic heterocycles. The van der Waals surface area contributed by atoms with Crippen LogP contribution in [0.3, 0.4) is 0 Å². The van der Waals surface area contributed by atoms with Crippen molar-refractivity contribution in [1.82, 2.24) is 4.98 Å². The van der Waals surface area contributed by atoms with Crippen molar-refractivity contribution in [2.24, 2.45) is 5.73 Å². The highest BCUT2D eigenvalue weighted by Gasteiger charge is 2.10. The maximum absolute atomic E-state index is 9.01. The van der Waals surface area contributed by atoms with Gasteiger partial charge in [-0.15, -0.1) is 0 Å². The number of nitriles is 1. The molecule has 0 unspecified atom stereocenters. The van der Waals surface area contributed by atoms with Crippen LogP contribution < -0.4 is 10.5 Å². The fourth-order valence-corrected chi connectivity index (χ4v) is 2.16. The van der Waals surface area contributed by atoms with Crippen molar-refractivity contribution in [3.05, 3.63) is 57.8 Å². The Morgan fingerprint density at radius 1 is 1.45 bits per heavy atom. The van der Waals surface area contributed by atoms with Crippen LogP contribution in [0.25, 0.3) is 0 Å². The first-order valence-electron chi connectivity index (χ1n) is 6.13. The highest BCUT2D eigenvalue weighted by atomic mass is 79.9. The summed E-state index contributed by atoms with van der Waals surface area (Å²) in [5.41, 5.74) is 7.99. The van der Waals surface area contributed by atoms with Crippen LogP contribution in [0, 0.1) is 11.3 Å². The minimum Gasteiger partial charge on any atom is -0.488 e. The zero-order valence-electron chi connectivity index (χ0n) is 11.0. The molecule has 0 radical (unpaired) electrons. The number of ether oxygens (including phenoxy) is 1. The first-order chi connectivity index (χ1) is 9.61. The van der Waals surface area contributed by atoms with Crippen molar-refractivity contribution in [2.45, 2.75) is 19.6 Å². The number of hydrogen-bond acceptors (Lipinski definition) is 4. The van der Waals surface area contributed by atoms with Crippen LogP contribution in [0.4, 0.5) is 0 Å². The Bertz CT molecular complexity index is 650. The number of benzene rings is 1. The third-order valence-corrected chi connectivity index (χ3v) is 3.34. The van der Waals surface area contributed by atoms with Gasteiger partial charge in [-0.25, -0.2) is 4.98 Å². The molecule has 0 spiro atoms. The van der Waals surface area contributed by atoms with E-state index < -0.39 is 0 Å². The van der Waals surface area contributed by atoms with Crippen LogP contribution in [0.15, 0.2) is 41.0 Å². The predicted molar refractivity (Wildman–Crippen MR) is 80.0 cm³/mol. The predicted octanol–water partition coefficient (Wildman–Crippen LogP) is 3.31. The second-order valence-corrected chi connectivity index (χ2v) is 5.30. The molecule has 0 aliphatic rings. The van der Waals surface area contributed by atoms with Crippen LogP contribution in [0.1, 0.15) is 29.8 Å². The summed E-state index contributed by atoms with van der Waals surface area (Å²) in [6, 6.07) is 11.3. The SMILES string of the molecule is C[C@H](N)c1ccc(Br)cc1OCc1cccnc1C#N. The van der Waals surface area contributed by atoms with E-state index in [1.165, 1.54) is 0 Å². The number of halogens is 1. The van der Waals surface area contributed by atoms with Crippen molar-refractivity contribution in [2.75, 3.05) is 0 Å². The first-order valence-corrected chi connectivity index (χ1v) is 6.93. The smallest absolute Gasteiger partial charge is 0.147 e. The molecule has 1 aromatic carbocycles. The molecule has 0 amide bonds. The lowest BCUT2D eigenvalue weighted by Gasteiger charge is -2.14. The third kappa shape index (κ3) is 3.35. The molecule has 1 atom stereocenters. The van der Waals surface area contributed by atoms with Gasteiger partial charge in [0, 0.05) is 27.8 Å². The summed E-state index contributed by atoms with van der Waals surface area (Å²) in [6.45, 7) is 2.19. The summed E-state index contributed by atoms with van der Waals surface area (Å²) in [6.07, 6.45) is 1.59. The molecular weight excluding hydrogens is 318 g/mol. The van der Waals surface area contributed by atoms with Crippen LogP contribution in [-0.4, -0.2) is 4.98 Å². The summed E-state index contributed by atoms with van der Waals surface area (Å²) in [7, 11) is 0. The molecule has 0 aliphatic carbocycles. The normalized spacial score (nSPS) is 11.7. The Kier molecular flexibility index (Phi) is 4.72. The van der Waals surface area contributed by atoms with Gasteiger partial charge in [-0.2, -0.15) is 5.26 Å². The molecule has 20 heavy (non-hydrogen) atoms. The first kappa shape index (κ1) is 14.5. The van der Waals surface area contributed by atoms with E-state index in [0.29, 0.717) is 11.4 Å². The van der Waals surface area contributed by atoms with Gasteiger partial charge >= 0.3 is 0 Å². The fraction of sp³-hybridized carbons (Fsp3) is 0.200. The molecule has 2 aromatic rings. The number of aromatic nitrogens is 1. The molecule has 1 heterocycles. The van der Waals surface area contributed by atoms with Crippen LogP contribution >= 0.6 is 15.9 Å². The molecule has 0 bridgehead atoms. The third-order valence-electron chi connectivity index (χ3n) is 2.85. The Hall–Kier alpha value is -1.90. The zero-order chi connectivity index (χ0) is 14.5. The van der Waals surface area contributed by atoms with Crippen molar-refractivity contribution in [1.29, 1.82) is 5.26 Å². The van der Waals surface area contributed by atoms with E-state index in [-0.39, 0.29) is 12.6 Å². The van der Waals surface area contributed by atoms with Crippen molar-refractivity contribution < 1.29 is 4.74 Å². The summed E-state index contributed by atoms with van der Waals surface area (Å²) in [5.74, 6) is 0.710. The van der Waals surface area contributed by atoms with Gasteiger partial charge in [0.25, 0.3) is 0 Å².